The van der Waals surface area contributed by atoms with E-state index in [2.05, 4.69) is 0 Å². The molecule has 4 aromatic rings. The Morgan fingerprint density at radius 1 is 0.562 bits per heavy atom. The van der Waals surface area contributed by atoms with Crippen LogP contribution >= 0.6 is 0 Å². The van der Waals surface area contributed by atoms with Gasteiger partial charge in [-0.25, -0.2) is 0 Å². The molecule has 4 aromatic carbocycles. The van der Waals surface area contributed by atoms with E-state index >= 15 is 0 Å². The van der Waals surface area contributed by atoms with E-state index in [9.17, 15) is 0 Å². The number of hydrogen-bond donors (Lipinski definition) is 0. The van der Waals surface area contributed by atoms with E-state index in [1.165, 1.54) is 0 Å². The van der Waals surface area contributed by atoms with Crippen molar-refractivity contribution in [1.29, 1.82) is 0 Å². The van der Waals surface area contributed by atoms with Crippen molar-refractivity contribution in [3.8, 4) is 0 Å². The first-order valence-electron chi connectivity index (χ1n) is 7.23. The molecular weight excluding hydrogens is 192 g/mol. The molecular formula is C16H10. The lowest BCUT2D eigenvalue weighted by atomic mass is 9.95. The number of hydrogen-bond acceptors (Lipinski definition) is 0. The molecule has 0 aromatic heterocycles. The summed E-state index contributed by atoms with van der Waals surface area (Å²) in [5.74, 6) is 0. The van der Waals surface area contributed by atoms with Crippen LogP contribution in [-0.4, -0.2) is 0 Å². The first-order chi connectivity index (χ1) is 9.58. The molecule has 0 unspecified atom stereocenters. The van der Waals surface area contributed by atoms with Gasteiger partial charge in [-0.1, -0.05) is 60.6 Å². The summed E-state index contributed by atoms with van der Waals surface area (Å²) in [6.45, 7) is 0. The van der Waals surface area contributed by atoms with Crippen molar-refractivity contribution >= 4 is 32.3 Å². The fourth-order valence-corrected chi connectivity index (χ4v) is 2.36. The van der Waals surface area contributed by atoms with Crippen LogP contribution < -0.4 is 0 Å². The van der Waals surface area contributed by atoms with Gasteiger partial charge >= 0.3 is 0 Å². The zero-order valence-electron chi connectivity index (χ0n) is 12.5. The third-order valence-electron chi connectivity index (χ3n) is 3.07. The van der Waals surface area contributed by atoms with Gasteiger partial charge in [-0.05, 0) is 32.3 Å². The normalized spacial score (nSPS) is 15.2. The van der Waals surface area contributed by atoms with Gasteiger partial charge in [0, 0.05) is 0 Å². The molecule has 0 heteroatoms. The van der Waals surface area contributed by atoms with Gasteiger partial charge < -0.3 is 0 Å². The molecule has 0 spiro atoms. The number of benzene rings is 4. The molecule has 0 N–H and O–H groups in total. The molecule has 0 aliphatic carbocycles. The maximum Gasteiger partial charge on any atom is 0.0629 e. The predicted octanol–water partition coefficient (Wildman–Crippen LogP) is 4.58. The molecule has 0 fully saturated rings. The van der Waals surface area contributed by atoms with Gasteiger partial charge in [0.15, 0.2) is 0 Å². The molecule has 0 aliphatic heterocycles. The van der Waals surface area contributed by atoms with Gasteiger partial charge in [-0.15, -0.1) is 0 Å². The van der Waals surface area contributed by atoms with Gasteiger partial charge in [0.2, 0.25) is 0 Å². The van der Waals surface area contributed by atoms with Crippen LogP contribution in [0, 0.1) is 0 Å². The van der Waals surface area contributed by atoms with Gasteiger partial charge in [0.25, 0.3) is 0 Å². The van der Waals surface area contributed by atoms with Crippen LogP contribution in [0.25, 0.3) is 32.3 Å². The van der Waals surface area contributed by atoms with Gasteiger partial charge in [0.1, 0.15) is 0 Å². The lowest BCUT2D eigenvalue weighted by Crippen LogP contribution is -1.82. The van der Waals surface area contributed by atoms with Crippen molar-refractivity contribution in [2.24, 2.45) is 0 Å². The molecule has 0 atom stereocenters. The monoisotopic (exact) mass is 206 g/mol. The minimum absolute atomic E-state index is 0.318. The molecule has 0 saturated carbocycles. The molecule has 0 radical (unpaired) electrons. The smallest absolute Gasteiger partial charge is 0.0610 e. The van der Waals surface area contributed by atoms with Gasteiger partial charge in [0.05, 0.1) is 5.48 Å². The second-order valence-corrected chi connectivity index (χ2v) is 3.94. The highest BCUT2D eigenvalue weighted by molar-refractivity contribution is 6.22. The van der Waals surface area contributed by atoms with Crippen molar-refractivity contribution in [2.75, 3.05) is 0 Å². The van der Waals surface area contributed by atoms with Crippen molar-refractivity contribution in [1.82, 2.24) is 0 Å². The van der Waals surface area contributed by atoms with Crippen LogP contribution in [0.3, 0.4) is 0 Å². The first kappa shape index (κ1) is 5.31. The van der Waals surface area contributed by atoms with Gasteiger partial charge in [-0.2, -0.15) is 0 Å². The maximum absolute atomic E-state index is 8.04. The van der Waals surface area contributed by atoms with Crippen LogP contribution in [0.2, 0.25) is 0 Å². The summed E-state index contributed by atoms with van der Waals surface area (Å²) in [6, 6.07) is 11.7. The van der Waals surface area contributed by atoms with E-state index in [1.807, 2.05) is 24.3 Å². The summed E-state index contributed by atoms with van der Waals surface area (Å²) in [6.07, 6.45) is 0. The Labute approximate surface area is 99.1 Å². The summed E-state index contributed by atoms with van der Waals surface area (Å²) in [5, 5.41) is 4.77. The van der Waals surface area contributed by atoms with E-state index in [0.717, 1.165) is 32.3 Å². The van der Waals surface area contributed by atoms with Crippen LogP contribution in [0.4, 0.5) is 0 Å². The summed E-state index contributed by atoms with van der Waals surface area (Å²) in [7, 11) is 0. The average Bonchev–Trinajstić information content (AvgIpc) is 2.42. The largest absolute Gasteiger partial charge is 0.0629 e. The van der Waals surface area contributed by atoms with Crippen molar-refractivity contribution in [3.05, 3.63) is 60.6 Å². The second-order valence-electron chi connectivity index (χ2n) is 3.94. The Hall–Kier alpha value is -2.08. The summed E-state index contributed by atoms with van der Waals surface area (Å²) in [4.78, 5) is 0. The zero-order chi connectivity index (χ0) is 14.0. The summed E-state index contributed by atoms with van der Waals surface area (Å²) < 4.78 is 32.2. The Morgan fingerprint density at radius 3 is 1.19 bits per heavy atom. The minimum Gasteiger partial charge on any atom is -0.0610 e. The van der Waals surface area contributed by atoms with E-state index in [4.69, 9.17) is 5.48 Å². The molecule has 0 heterocycles. The first-order valence-corrected chi connectivity index (χ1v) is 5.23. The highest BCUT2D eigenvalue weighted by Crippen LogP contribution is 2.33. The highest BCUT2D eigenvalue weighted by Gasteiger charge is 2.05. The predicted molar refractivity (Wildman–Crippen MR) is 70.1 cm³/mol. The van der Waals surface area contributed by atoms with Crippen molar-refractivity contribution < 1.29 is 5.48 Å². The second kappa shape index (κ2) is 2.73. The highest BCUT2D eigenvalue weighted by atomic mass is 14.1. The average molecular weight is 206 g/mol. The molecule has 4 rings (SSSR count). The number of rotatable bonds is 0. The molecule has 0 amide bonds. The van der Waals surface area contributed by atoms with Crippen molar-refractivity contribution in [2.45, 2.75) is 0 Å². The van der Waals surface area contributed by atoms with E-state index in [0.29, 0.717) is 24.2 Å². The molecule has 0 saturated heterocycles. The van der Waals surface area contributed by atoms with Crippen LogP contribution in [0.5, 0.6) is 0 Å². The fraction of sp³-hybridized carbons (Fsp3) is 0. The minimum atomic E-state index is 0.318. The Morgan fingerprint density at radius 2 is 0.875 bits per heavy atom. The van der Waals surface area contributed by atoms with E-state index in [-0.39, 0.29) is 0 Å². The standard InChI is InChI=1S/C16H10/c1-3-11-7-9-13-5-2-6-14-10-8-12(4-1)15(11)16(13)14/h1-10H/i3D,4D,5D,6D. The van der Waals surface area contributed by atoms with E-state index < -0.39 is 0 Å². The SMILES string of the molecule is [2H]c1cc([2H])c2ccc3c([2H])cc([2H])c4ccc1c2c43. The topological polar surface area (TPSA) is 0 Å². The lowest BCUT2D eigenvalue weighted by molar-refractivity contribution is 1.78. The Bertz CT molecular complexity index is 835. The van der Waals surface area contributed by atoms with Crippen LogP contribution in [-0.2, 0) is 0 Å². The molecule has 16 heavy (non-hydrogen) atoms. The van der Waals surface area contributed by atoms with Crippen LogP contribution in [0.1, 0.15) is 5.48 Å². The van der Waals surface area contributed by atoms with Gasteiger partial charge in [-0.3, -0.25) is 0 Å². The Balaban J connectivity index is 2.47. The summed E-state index contributed by atoms with van der Waals surface area (Å²) >= 11 is 0. The van der Waals surface area contributed by atoms with E-state index in [1.54, 1.807) is 12.1 Å². The van der Waals surface area contributed by atoms with Crippen LogP contribution in [0.15, 0.2) is 60.6 Å². The molecule has 0 nitrogen and oxygen atoms in total. The lowest BCUT2D eigenvalue weighted by Gasteiger charge is -2.09. The maximum atomic E-state index is 8.04. The molecule has 0 bridgehead atoms. The quantitative estimate of drug-likeness (QED) is 0.369. The molecule has 0 aliphatic rings. The Kier molecular flexibility index (Phi) is 0.907. The third kappa shape index (κ3) is 0.892. The third-order valence-corrected chi connectivity index (χ3v) is 3.07. The zero-order valence-corrected chi connectivity index (χ0v) is 8.46. The van der Waals surface area contributed by atoms with Crippen molar-refractivity contribution in [3.63, 3.8) is 0 Å². The summed E-state index contributed by atoms with van der Waals surface area (Å²) in [5.41, 5.74) is 0. The molecule has 74 valence electrons. The fourth-order valence-electron chi connectivity index (χ4n) is 2.36.